The molecule has 2 aromatic carbocycles. The average molecular weight is 484 g/mol. The van der Waals surface area contributed by atoms with Crippen molar-refractivity contribution in [3.63, 3.8) is 0 Å². The number of benzene rings is 2. The van der Waals surface area contributed by atoms with Crippen LogP contribution in [-0.2, 0) is 9.47 Å². The Bertz CT molecular complexity index is 1160. The monoisotopic (exact) mass is 484 g/mol. The smallest absolute Gasteiger partial charge is 0.409 e. The highest BCUT2D eigenvalue weighted by atomic mass is 16.6. The molecule has 0 atom stereocenters. The molecule has 12 heteroatoms. The molecule has 1 aliphatic heterocycles. The van der Waals surface area contributed by atoms with E-state index in [9.17, 15) is 29.3 Å². The van der Waals surface area contributed by atoms with Gasteiger partial charge in [-0.1, -0.05) is 12.1 Å². The number of non-ortho nitro benzene ring substituents is 1. The van der Waals surface area contributed by atoms with Gasteiger partial charge in [0, 0.05) is 43.9 Å². The minimum Gasteiger partial charge on any atom is -0.465 e. The summed E-state index contributed by atoms with van der Waals surface area (Å²) in [7, 11) is 1.12. The van der Waals surface area contributed by atoms with E-state index in [0.29, 0.717) is 13.1 Å². The van der Waals surface area contributed by atoms with E-state index < -0.39 is 28.6 Å². The van der Waals surface area contributed by atoms with Crippen molar-refractivity contribution in [2.45, 2.75) is 6.92 Å². The Morgan fingerprint density at radius 2 is 1.63 bits per heavy atom. The lowest BCUT2D eigenvalue weighted by Gasteiger charge is -2.34. The van der Waals surface area contributed by atoms with Gasteiger partial charge in [0.25, 0.3) is 17.5 Å². The number of methoxy groups -OCH3 is 1. The van der Waals surface area contributed by atoms with E-state index in [1.54, 1.807) is 30.0 Å². The molecule has 0 spiro atoms. The molecule has 2 aromatic rings. The summed E-state index contributed by atoms with van der Waals surface area (Å²) < 4.78 is 9.59. The molecule has 1 saturated heterocycles. The third-order valence-electron chi connectivity index (χ3n) is 5.31. The maximum absolute atomic E-state index is 13.2. The fourth-order valence-corrected chi connectivity index (χ4v) is 3.53. The molecule has 0 bridgehead atoms. The topological polar surface area (TPSA) is 148 Å². The highest BCUT2D eigenvalue weighted by molar-refractivity contribution is 6.10. The number of ether oxygens (including phenoxy) is 2. The number of carbonyl (C=O) groups excluding carboxylic acids is 4. The number of esters is 1. The fraction of sp³-hybridized carbons (Fsp3) is 0.304. The molecule has 0 radical (unpaired) electrons. The maximum Gasteiger partial charge on any atom is 0.409 e. The summed E-state index contributed by atoms with van der Waals surface area (Å²) in [6.45, 7) is 3.16. The van der Waals surface area contributed by atoms with Gasteiger partial charge in [0.05, 0.1) is 35.5 Å². The van der Waals surface area contributed by atoms with Crippen LogP contribution >= 0.6 is 0 Å². The summed E-state index contributed by atoms with van der Waals surface area (Å²) in [6.07, 6.45) is -0.435. The molecule has 0 unspecified atom stereocenters. The van der Waals surface area contributed by atoms with Gasteiger partial charge in [0.15, 0.2) is 0 Å². The molecule has 12 nitrogen and oxygen atoms in total. The zero-order chi connectivity index (χ0) is 25.5. The summed E-state index contributed by atoms with van der Waals surface area (Å²) in [5, 5.41) is 13.9. The predicted octanol–water partition coefficient (Wildman–Crippen LogP) is 2.55. The van der Waals surface area contributed by atoms with Crippen LogP contribution in [0.4, 0.5) is 16.2 Å². The number of carbonyl (C=O) groups is 4. The Labute approximate surface area is 200 Å². The van der Waals surface area contributed by atoms with Gasteiger partial charge in [-0.15, -0.1) is 0 Å². The molecule has 3 amide bonds. The van der Waals surface area contributed by atoms with Crippen LogP contribution in [-0.4, -0.2) is 78.5 Å². The fourth-order valence-electron chi connectivity index (χ4n) is 3.53. The Hall–Kier alpha value is -4.48. The number of nitrogens with one attached hydrogen (secondary N) is 1. The first-order valence-electron chi connectivity index (χ1n) is 10.7. The number of rotatable bonds is 6. The summed E-state index contributed by atoms with van der Waals surface area (Å²) in [5.41, 5.74) is -0.354. The van der Waals surface area contributed by atoms with Crippen LogP contribution in [0.15, 0.2) is 42.5 Å². The number of anilines is 1. The van der Waals surface area contributed by atoms with E-state index in [2.05, 4.69) is 10.1 Å². The van der Waals surface area contributed by atoms with Crippen molar-refractivity contribution in [3.05, 3.63) is 69.3 Å². The van der Waals surface area contributed by atoms with E-state index in [-0.39, 0.29) is 48.0 Å². The largest absolute Gasteiger partial charge is 0.465 e. The lowest BCUT2D eigenvalue weighted by molar-refractivity contribution is -0.384. The van der Waals surface area contributed by atoms with E-state index in [1.165, 1.54) is 17.0 Å². The SMILES string of the molecule is CCOC(=O)N1CCN(C(=O)c2ccccc2NC(=O)c2cc(C(=O)OC)cc([N+](=O)[O-])c2)CC1. The second-order valence-corrected chi connectivity index (χ2v) is 7.50. The summed E-state index contributed by atoms with van der Waals surface area (Å²) in [4.78, 5) is 63.4. The third-order valence-corrected chi connectivity index (χ3v) is 5.31. The summed E-state index contributed by atoms with van der Waals surface area (Å²) in [6, 6.07) is 9.55. The van der Waals surface area contributed by atoms with Gasteiger partial charge in [0.1, 0.15) is 0 Å². The van der Waals surface area contributed by atoms with Gasteiger partial charge >= 0.3 is 12.1 Å². The van der Waals surface area contributed by atoms with Gasteiger partial charge in [-0.05, 0) is 25.1 Å². The van der Waals surface area contributed by atoms with Gasteiger partial charge in [-0.25, -0.2) is 9.59 Å². The van der Waals surface area contributed by atoms with E-state index in [0.717, 1.165) is 19.2 Å². The average Bonchev–Trinajstić information content (AvgIpc) is 2.88. The highest BCUT2D eigenvalue weighted by Gasteiger charge is 2.27. The molecule has 0 aromatic heterocycles. The summed E-state index contributed by atoms with van der Waals surface area (Å²) in [5.74, 6) is -1.93. The van der Waals surface area contributed by atoms with Gasteiger partial charge < -0.3 is 24.6 Å². The predicted molar refractivity (Wildman–Crippen MR) is 123 cm³/mol. The number of piperazine rings is 1. The van der Waals surface area contributed by atoms with Crippen molar-refractivity contribution in [1.29, 1.82) is 0 Å². The summed E-state index contributed by atoms with van der Waals surface area (Å²) >= 11 is 0. The van der Waals surface area contributed by atoms with Crippen molar-refractivity contribution in [1.82, 2.24) is 9.80 Å². The number of para-hydroxylation sites is 1. The van der Waals surface area contributed by atoms with Crippen LogP contribution in [0.2, 0.25) is 0 Å². The first kappa shape index (κ1) is 25.1. The number of nitrogens with zero attached hydrogens (tertiary/aromatic N) is 3. The minimum absolute atomic E-state index is 0.148. The molecule has 3 rings (SSSR count). The van der Waals surface area contributed by atoms with Gasteiger partial charge in [0.2, 0.25) is 0 Å². The second-order valence-electron chi connectivity index (χ2n) is 7.50. The van der Waals surface area contributed by atoms with Crippen molar-refractivity contribution in [2.75, 3.05) is 45.2 Å². The van der Waals surface area contributed by atoms with Gasteiger partial charge in [-0.2, -0.15) is 0 Å². The quantitative estimate of drug-likeness (QED) is 0.374. The molecule has 1 N–H and O–H groups in total. The van der Waals surface area contributed by atoms with Crippen molar-refractivity contribution < 1.29 is 33.6 Å². The number of nitro benzene ring substituents is 1. The number of hydrogen-bond acceptors (Lipinski definition) is 8. The van der Waals surface area contributed by atoms with E-state index in [1.807, 2.05) is 0 Å². The molecule has 1 fully saturated rings. The van der Waals surface area contributed by atoms with Crippen LogP contribution in [0, 0.1) is 10.1 Å². The molecule has 1 heterocycles. The molecule has 0 aliphatic carbocycles. The van der Waals surface area contributed by atoms with Crippen LogP contribution < -0.4 is 5.32 Å². The first-order valence-corrected chi connectivity index (χ1v) is 10.7. The molecule has 1 aliphatic rings. The molecule has 35 heavy (non-hydrogen) atoms. The lowest BCUT2D eigenvalue weighted by atomic mass is 10.1. The van der Waals surface area contributed by atoms with Crippen LogP contribution in [0.5, 0.6) is 0 Å². The number of amides is 3. The zero-order valence-electron chi connectivity index (χ0n) is 19.2. The molecular weight excluding hydrogens is 460 g/mol. The Morgan fingerprint density at radius 1 is 1.00 bits per heavy atom. The highest BCUT2D eigenvalue weighted by Crippen LogP contribution is 2.22. The van der Waals surface area contributed by atoms with Crippen molar-refractivity contribution in [2.24, 2.45) is 0 Å². The third kappa shape index (κ3) is 5.91. The zero-order valence-corrected chi connectivity index (χ0v) is 19.2. The number of nitro groups is 1. The Balaban J connectivity index is 1.79. The number of hydrogen-bond donors (Lipinski definition) is 1. The van der Waals surface area contributed by atoms with E-state index >= 15 is 0 Å². The second kappa shape index (κ2) is 11.1. The lowest BCUT2D eigenvalue weighted by Crippen LogP contribution is -2.50. The Kier molecular flexibility index (Phi) is 7.97. The van der Waals surface area contributed by atoms with Crippen LogP contribution in [0.1, 0.15) is 38.0 Å². The van der Waals surface area contributed by atoms with Crippen molar-refractivity contribution in [3.8, 4) is 0 Å². The standard InChI is InChI=1S/C23H24N4O8/c1-3-35-23(31)26-10-8-25(9-11-26)21(29)18-6-4-5-7-19(18)24-20(28)15-12-16(22(30)34-2)14-17(13-15)27(32)33/h4-7,12-14H,3,8-11H2,1-2H3,(H,24,28). The maximum atomic E-state index is 13.2. The van der Waals surface area contributed by atoms with Crippen molar-refractivity contribution >= 4 is 35.3 Å². The van der Waals surface area contributed by atoms with Crippen LogP contribution in [0.3, 0.4) is 0 Å². The van der Waals surface area contributed by atoms with E-state index in [4.69, 9.17) is 4.74 Å². The van der Waals surface area contributed by atoms with Crippen LogP contribution in [0.25, 0.3) is 0 Å². The minimum atomic E-state index is -0.833. The molecule has 0 saturated carbocycles. The first-order chi connectivity index (χ1) is 16.7. The Morgan fingerprint density at radius 3 is 2.26 bits per heavy atom. The molecule has 184 valence electrons. The van der Waals surface area contributed by atoms with Gasteiger partial charge in [-0.3, -0.25) is 19.7 Å². The normalized spacial score (nSPS) is 13.1. The molecular formula is C23H24N4O8.